The summed E-state index contributed by atoms with van der Waals surface area (Å²) in [7, 11) is 1.81. The number of benzene rings is 1. The molecule has 0 radical (unpaired) electrons. The molecule has 0 aliphatic rings. The van der Waals surface area contributed by atoms with Gasteiger partial charge in [0, 0.05) is 19.6 Å². The van der Waals surface area contributed by atoms with E-state index in [2.05, 4.69) is 62.4 Å². The number of guanidine groups is 1. The third-order valence-electron chi connectivity index (χ3n) is 3.49. The molecule has 1 atom stereocenters. The highest BCUT2D eigenvalue weighted by Crippen LogP contribution is 2.15. The monoisotopic (exact) mass is 261 g/mol. The van der Waals surface area contributed by atoms with Crippen LogP contribution in [-0.4, -0.2) is 19.0 Å². The van der Waals surface area contributed by atoms with Crippen LogP contribution in [0.2, 0.25) is 0 Å². The largest absolute Gasteiger partial charge is 0.354 e. The topological polar surface area (TPSA) is 36.4 Å². The van der Waals surface area contributed by atoms with Gasteiger partial charge in [-0.2, -0.15) is 0 Å². The summed E-state index contributed by atoms with van der Waals surface area (Å²) in [6.45, 7) is 11.6. The van der Waals surface area contributed by atoms with Gasteiger partial charge >= 0.3 is 0 Å². The Morgan fingerprint density at radius 3 is 2.26 bits per heavy atom. The fraction of sp³-hybridized carbons (Fsp3) is 0.562. The second-order valence-corrected chi connectivity index (χ2v) is 5.26. The molecule has 0 heterocycles. The molecule has 3 heteroatoms. The third-order valence-corrected chi connectivity index (χ3v) is 3.49. The van der Waals surface area contributed by atoms with Crippen molar-refractivity contribution in [3.63, 3.8) is 0 Å². The summed E-state index contributed by atoms with van der Waals surface area (Å²) < 4.78 is 0. The van der Waals surface area contributed by atoms with Gasteiger partial charge in [-0.15, -0.1) is 0 Å². The maximum absolute atomic E-state index is 4.26. The second kappa shape index (κ2) is 7.17. The number of nitrogens with zero attached hydrogens (tertiary/aromatic N) is 1. The van der Waals surface area contributed by atoms with Crippen molar-refractivity contribution < 1.29 is 0 Å². The van der Waals surface area contributed by atoms with Crippen LogP contribution in [0.3, 0.4) is 0 Å². The molecule has 0 spiro atoms. The van der Waals surface area contributed by atoms with Gasteiger partial charge in [0.25, 0.3) is 0 Å². The van der Waals surface area contributed by atoms with E-state index in [0.29, 0.717) is 6.04 Å². The number of hydrogen-bond acceptors (Lipinski definition) is 1. The van der Waals surface area contributed by atoms with Crippen molar-refractivity contribution in [1.82, 2.24) is 10.6 Å². The van der Waals surface area contributed by atoms with E-state index in [-0.39, 0.29) is 0 Å². The lowest BCUT2D eigenvalue weighted by atomic mass is 10.00. The number of rotatable bonds is 4. The number of hydrogen-bond donors (Lipinski definition) is 2. The summed E-state index contributed by atoms with van der Waals surface area (Å²) in [5, 5.41) is 6.77. The number of aryl methyl sites for hydroxylation is 3. The van der Waals surface area contributed by atoms with Crippen molar-refractivity contribution in [1.29, 1.82) is 0 Å². The Morgan fingerprint density at radius 2 is 1.79 bits per heavy atom. The Kier molecular flexibility index (Phi) is 5.87. The molecule has 2 N–H and O–H groups in total. The minimum Gasteiger partial charge on any atom is -0.354 e. The van der Waals surface area contributed by atoms with Gasteiger partial charge in [0.2, 0.25) is 0 Å². The average Bonchev–Trinajstić information content (AvgIpc) is 2.35. The standard InChI is InChI=1S/C16H27N3/c1-7-14(5)19-16(17-6)18-10-15-12(3)8-11(2)9-13(15)4/h8-9,14H,7,10H2,1-6H3,(H2,17,18,19). The molecule has 0 aliphatic heterocycles. The lowest BCUT2D eigenvalue weighted by Crippen LogP contribution is -2.41. The van der Waals surface area contributed by atoms with Gasteiger partial charge in [-0.05, 0) is 50.8 Å². The molecule has 0 saturated heterocycles. The SMILES string of the molecule is CCC(C)NC(=NC)NCc1c(C)cc(C)cc1C. The Labute approximate surface area is 117 Å². The van der Waals surface area contributed by atoms with Crippen molar-refractivity contribution >= 4 is 5.96 Å². The van der Waals surface area contributed by atoms with E-state index in [1.54, 1.807) is 0 Å². The molecule has 0 bridgehead atoms. The summed E-state index contributed by atoms with van der Waals surface area (Å²) in [4.78, 5) is 4.26. The van der Waals surface area contributed by atoms with E-state index >= 15 is 0 Å². The molecule has 1 rings (SSSR count). The van der Waals surface area contributed by atoms with Gasteiger partial charge < -0.3 is 10.6 Å². The maximum atomic E-state index is 4.26. The number of aliphatic imine (C=N–C) groups is 1. The molecular formula is C16H27N3. The van der Waals surface area contributed by atoms with Gasteiger partial charge in [0.05, 0.1) is 0 Å². The fourth-order valence-electron chi connectivity index (χ4n) is 2.19. The van der Waals surface area contributed by atoms with Crippen LogP contribution in [0, 0.1) is 20.8 Å². The summed E-state index contributed by atoms with van der Waals surface area (Å²) in [6.07, 6.45) is 1.09. The molecule has 0 saturated carbocycles. The van der Waals surface area contributed by atoms with Gasteiger partial charge in [-0.3, -0.25) is 4.99 Å². The van der Waals surface area contributed by atoms with Crippen LogP contribution in [-0.2, 0) is 6.54 Å². The summed E-state index contributed by atoms with van der Waals surface area (Å²) in [6, 6.07) is 4.90. The number of nitrogens with one attached hydrogen (secondary N) is 2. The van der Waals surface area contributed by atoms with Crippen LogP contribution < -0.4 is 10.6 Å². The van der Waals surface area contributed by atoms with Gasteiger partial charge in [0.1, 0.15) is 0 Å². The smallest absolute Gasteiger partial charge is 0.191 e. The Morgan fingerprint density at radius 1 is 1.21 bits per heavy atom. The minimum atomic E-state index is 0.436. The zero-order valence-electron chi connectivity index (χ0n) is 13.1. The van der Waals surface area contributed by atoms with Gasteiger partial charge in [0.15, 0.2) is 5.96 Å². The molecule has 1 unspecified atom stereocenters. The van der Waals surface area contributed by atoms with E-state index in [0.717, 1.165) is 18.9 Å². The van der Waals surface area contributed by atoms with Crippen LogP contribution in [0.4, 0.5) is 0 Å². The summed E-state index contributed by atoms with van der Waals surface area (Å²) >= 11 is 0. The summed E-state index contributed by atoms with van der Waals surface area (Å²) in [5.41, 5.74) is 5.35. The predicted octanol–water partition coefficient (Wildman–Crippen LogP) is 3.08. The van der Waals surface area contributed by atoms with Crippen molar-refractivity contribution in [2.75, 3.05) is 7.05 Å². The van der Waals surface area contributed by atoms with E-state index < -0.39 is 0 Å². The summed E-state index contributed by atoms with van der Waals surface area (Å²) in [5.74, 6) is 0.869. The first-order valence-electron chi connectivity index (χ1n) is 7.01. The second-order valence-electron chi connectivity index (χ2n) is 5.26. The third kappa shape index (κ3) is 4.58. The predicted molar refractivity (Wildman–Crippen MR) is 83.7 cm³/mol. The van der Waals surface area contributed by atoms with Crippen LogP contribution in [0.5, 0.6) is 0 Å². The van der Waals surface area contributed by atoms with Crippen LogP contribution in [0.15, 0.2) is 17.1 Å². The van der Waals surface area contributed by atoms with Crippen molar-refractivity contribution in [2.45, 2.75) is 53.6 Å². The first-order valence-corrected chi connectivity index (χ1v) is 7.01. The molecular weight excluding hydrogens is 234 g/mol. The lowest BCUT2D eigenvalue weighted by molar-refractivity contribution is 0.624. The zero-order valence-corrected chi connectivity index (χ0v) is 13.1. The molecule has 106 valence electrons. The van der Waals surface area contributed by atoms with Crippen molar-refractivity contribution in [3.8, 4) is 0 Å². The highest BCUT2D eigenvalue weighted by molar-refractivity contribution is 5.79. The van der Waals surface area contributed by atoms with Gasteiger partial charge in [-0.25, -0.2) is 0 Å². The lowest BCUT2D eigenvalue weighted by Gasteiger charge is -2.18. The molecule has 19 heavy (non-hydrogen) atoms. The first-order chi connectivity index (χ1) is 8.97. The Balaban J connectivity index is 2.71. The molecule has 0 fully saturated rings. The highest BCUT2D eigenvalue weighted by atomic mass is 15.2. The zero-order chi connectivity index (χ0) is 14.4. The first kappa shape index (κ1) is 15.5. The fourth-order valence-corrected chi connectivity index (χ4v) is 2.19. The molecule has 1 aromatic rings. The normalized spacial score (nSPS) is 13.3. The molecule has 0 aromatic heterocycles. The van der Waals surface area contributed by atoms with Gasteiger partial charge in [-0.1, -0.05) is 24.6 Å². The van der Waals surface area contributed by atoms with Crippen molar-refractivity contribution in [3.05, 3.63) is 34.4 Å². The van der Waals surface area contributed by atoms with E-state index in [1.165, 1.54) is 22.3 Å². The molecule has 0 amide bonds. The quantitative estimate of drug-likeness (QED) is 0.645. The minimum absolute atomic E-state index is 0.436. The van der Waals surface area contributed by atoms with Crippen LogP contribution in [0.1, 0.15) is 42.5 Å². The van der Waals surface area contributed by atoms with E-state index in [1.807, 2.05) is 7.05 Å². The Bertz CT molecular complexity index is 426. The maximum Gasteiger partial charge on any atom is 0.191 e. The Hall–Kier alpha value is -1.51. The van der Waals surface area contributed by atoms with Crippen LogP contribution >= 0.6 is 0 Å². The average molecular weight is 261 g/mol. The molecule has 1 aromatic carbocycles. The highest BCUT2D eigenvalue weighted by Gasteiger charge is 2.06. The molecule has 3 nitrogen and oxygen atoms in total. The molecule has 0 aliphatic carbocycles. The van der Waals surface area contributed by atoms with E-state index in [4.69, 9.17) is 0 Å². The van der Waals surface area contributed by atoms with Crippen molar-refractivity contribution in [2.24, 2.45) is 4.99 Å². The van der Waals surface area contributed by atoms with Crippen LogP contribution in [0.25, 0.3) is 0 Å². The van der Waals surface area contributed by atoms with E-state index in [9.17, 15) is 0 Å².